The second-order valence-corrected chi connectivity index (χ2v) is 14.2. The van der Waals surface area contributed by atoms with Crippen molar-refractivity contribution in [2.24, 2.45) is 0 Å². The van der Waals surface area contributed by atoms with E-state index in [9.17, 15) is 0 Å². The van der Waals surface area contributed by atoms with Crippen molar-refractivity contribution in [3.05, 3.63) is 223 Å². The van der Waals surface area contributed by atoms with Crippen molar-refractivity contribution in [3.63, 3.8) is 0 Å². The summed E-state index contributed by atoms with van der Waals surface area (Å²) >= 11 is 0. The highest BCUT2D eigenvalue weighted by Crippen LogP contribution is 2.58. The summed E-state index contributed by atoms with van der Waals surface area (Å²) < 4.78 is 2.06. The van der Waals surface area contributed by atoms with Crippen LogP contribution in [-0.2, 0) is 5.41 Å². The molecule has 11 rings (SSSR count). The fourth-order valence-corrected chi connectivity index (χ4v) is 8.92. The van der Waals surface area contributed by atoms with Gasteiger partial charge >= 0.3 is 0 Å². The Labute approximate surface area is 313 Å². The monoisotopic (exact) mass is 687 g/mol. The summed E-state index contributed by atoms with van der Waals surface area (Å²) in [4.78, 5) is 10.3. The third kappa shape index (κ3) is 4.49. The molecule has 1 aliphatic rings. The normalized spacial score (nSPS) is 13.0. The molecule has 0 amide bonds. The Bertz CT molecular complexity index is 2940. The van der Waals surface area contributed by atoms with Crippen LogP contribution in [0.4, 0.5) is 0 Å². The zero-order valence-electron chi connectivity index (χ0n) is 29.4. The van der Waals surface area contributed by atoms with E-state index in [2.05, 4.69) is 180 Å². The van der Waals surface area contributed by atoms with E-state index < -0.39 is 5.41 Å². The van der Waals surface area contributed by atoms with Gasteiger partial charge in [0.05, 0.1) is 22.3 Å². The summed E-state index contributed by atoms with van der Waals surface area (Å²) in [6.45, 7) is 0. The Kier molecular flexibility index (Phi) is 6.77. The van der Waals surface area contributed by atoms with Gasteiger partial charge in [0.2, 0.25) is 0 Å². The standard InChI is InChI=1S/C51H33N3/c1-3-13-38(14-4-1)51(39-15-5-2-6-16-39)43-19-9-7-18-42(43)48-44(51)31-30-41-40-17-8-10-20-45(40)53-50(49(41)48)37-28-24-35(25-29-37)34-22-26-36(27-23-34)46-33-54-32-12-11-21-47(54)52-46/h1-33H. The molecule has 0 atom stereocenters. The highest BCUT2D eigenvalue weighted by Gasteiger charge is 2.47. The summed E-state index contributed by atoms with van der Waals surface area (Å²) in [5, 5.41) is 3.57. The van der Waals surface area contributed by atoms with Gasteiger partial charge < -0.3 is 4.40 Å². The Balaban J connectivity index is 1.11. The van der Waals surface area contributed by atoms with Gasteiger partial charge in [0.1, 0.15) is 5.65 Å². The number of hydrogen-bond donors (Lipinski definition) is 0. The molecule has 0 bridgehead atoms. The average molecular weight is 688 g/mol. The number of aromatic nitrogens is 3. The van der Waals surface area contributed by atoms with Crippen molar-refractivity contribution < 1.29 is 0 Å². The second-order valence-electron chi connectivity index (χ2n) is 14.2. The molecule has 0 radical (unpaired) electrons. The Morgan fingerprint density at radius 1 is 0.426 bits per heavy atom. The molecule has 54 heavy (non-hydrogen) atoms. The number of hydrogen-bond acceptors (Lipinski definition) is 2. The van der Waals surface area contributed by atoms with Crippen molar-refractivity contribution in [2.45, 2.75) is 5.41 Å². The van der Waals surface area contributed by atoms with E-state index in [1.807, 2.05) is 24.4 Å². The van der Waals surface area contributed by atoms with Crippen LogP contribution in [-0.4, -0.2) is 14.4 Å². The van der Waals surface area contributed by atoms with Crippen LogP contribution in [0.15, 0.2) is 200 Å². The van der Waals surface area contributed by atoms with Crippen molar-refractivity contribution in [2.75, 3.05) is 0 Å². The third-order valence-corrected chi connectivity index (χ3v) is 11.3. The first-order valence-electron chi connectivity index (χ1n) is 18.5. The first-order valence-corrected chi connectivity index (χ1v) is 18.5. The van der Waals surface area contributed by atoms with E-state index >= 15 is 0 Å². The van der Waals surface area contributed by atoms with Gasteiger partial charge in [-0.3, -0.25) is 0 Å². The van der Waals surface area contributed by atoms with E-state index in [1.165, 1.54) is 44.2 Å². The van der Waals surface area contributed by atoms with Gasteiger partial charge in [-0.1, -0.05) is 170 Å². The van der Waals surface area contributed by atoms with E-state index in [4.69, 9.17) is 9.97 Å². The molecular weight excluding hydrogens is 655 g/mol. The highest BCUT2D eigenvalue weighted by atomic mass is 15.0. The number of pyridine rings is 2. The molecule has 0 fully saturated rings. The fraction of sp³-hybridized carbons (Fsp3) is 0.0196. The number of fused-ring (bicyclic) bond motifs is 8. The Hall–Kier alpha value is -7.10. The van der Waals surface area contributed by atoms with Crippen LogP contribution in [0.25, 0.3) is 72.1 Å². The van der Waals surface area contributed by atoms with Gasteiger partial charge in [-0.15, -0.1) is 0 Å². The van der Waals surface area contributed by atoms with Crippen molar-refractivity contribution >= 4 is 27.3 Å². The lowest BCUT2D eigenvalue weighted by Gasteiger charge is -2.34. The summed E-state index contributed by atoms with van der Waals surface area (Å²) in [7, 11) is 0. The molecule has 7 aromatic carbocycles. The molecule has 3 nitrogen and oxygen atoms in total. The Morgan fingerprint density at radius 3 is 1.76 bits per heavy atom. The van der Waals surface area contributed by atoms with Gasteiger partial charge in [-0.25, -0.2) is 9.97 Å². The first-order chi connectivity index (χ1) is 26.8. The maximum atomic E-state index is 5.47. The van der Waals surface area contributed by atoms with Gasteiger partial charge in [0.25, 0.3) is 0 Å². The molecule has 3 heteroatoms. The number of rotatable bonds is 5. The van der Waals surface area contributed by atoms with Crippen LogP contribution < -0.4 is 0 Å². The van der Waals surface area contributed by atoms with Crippen LogP contribution in [0.2, 0.25) is 0 Å². The largest absolute Gasteiger partial charge is 0.306 e. The van der Waals surface area contributed by atoms with Crippen LogP contribution in [0.5, 0.6) is 0 Å². The van der Waals surface area contributed by atoms with E-state index in [-0.39, 0.29) is 0 Å². The molecule has 0 spiro atoms. The maximum absolute atomic E-state index is 5.47. The van der Waals surface area contributed by atoms with Gasteiger partial charge in [0.15, 0.2) is 0 Å². The minimum atomic E-state index is -0.481. The van der Waals surface area contributed by atoms with E-state index in [1.54, 1.807) is 0 Å². The summed E-state index contributed by atoms with van der Waals surface area (Å²) in [5.41, 5.74) is 15.6. The molecule has 0 saturated carbocycles. The fourth-order valence-electron chi connectivity index (χ4n) is 8.92. The summed E-state index contributed by atoms with van der Waals surface area (Å²) in [6.07, 6.45) is 4.12. The molecule has 0 aliphatic heterocycles. The van der Waals surface area contributed by atoms with Crippen LogP contribution in [0.3, 0.4) is 0 Å². The van der Waals surface area contributed by atoms with E-state index in [0.717, 1.165) is 50.2 Å². The molecule has 0 saturated heterocycles. The first kappa shape index (κ1) is 30.5. The molecule has 3 heterocycles. The molecule has 1 aliphatic carbocycles. The lowest BCUT2D eigenvalue weighted by atomic mass is 9.67. The second kappa shape index (κ2) is 12.0. The Morgan fingerprint density at radius 2 is 1.04 bits per heavy atom. The number of imidazole rings is 1. The number of benzene rings is 7. The van der Waals surface area contributed by atoms with E-state index in [0.29, 0.717) is 0 Å². The number of para-hydroxylation sites is 1. The molecule has 3 aromatic heterocycles. The predicted molar refractivity (Wildman–Crippen MR) is 222 cm³/mol. The zero-order chi connectivity index (χ0) is 35.6. The minimum Gasteiger partial charge on any atom is -0.306 e. The molecular formula is C51H33N3. The SMILES string of the molecule is c1ccc(C2(c3ccccc3)c3ccccc3-c3c2ccc2c3c(-c3ccc(-c4ccc(-c5cn6ccccc6n5)cc4)cc3)nc3ccccc32)cc1. The van der Waals surface area contributed by atoms with Crippen molar-refractivity contribution in [1.82, 2.24) is 14.4 Å². The average Bonchev–Trinajstić information content (AvgIpc) is 3.82. The lowest BCUT2D eigenvalue weighted by molar-refractivity contribution is 0.769. The molecule has 0 N–H and O–H groups in total. The van der Waals surface area contributed by atoms with Crippen molar-refractivity contribution in [3.8, 4) is 44.8 Å². The quantitative estimate of drug-likeness (QED) is 0.169. The molecule has 252 valence electrons. The van der Waals surface area contributed by atoms with Gasteiger partial charge in [-0.05, 0) is 68.1 Å². The smallest absolute Gasteiger partial charge is 0.137 e. The topological polar surface area (TPSA) is 30.2 Å². The minimum absolute atomic E-state index is 0.481. The van der Waals surface area contributed by atoms with Gasteiger partial charge in [0, 0.05) is 34.3 Å². The molecule has 10 aromatic rings. The maximum Gasteiger partial charge on any atom is 0.137 e. The van der Waals surface area contributed by atoms with Crippen molar-refractivity contribution in [1.29, 1.82) is 0 Å². The van der Waals surface area contributed by atoms with Gasteiger partial charge in [-0.2, -0.15) is 0 Å². The number of nitrogens with zero attached hydrogens (tertiary/aromatic N) is 3. The third-order valence-electron chi connectivity index (χ3n) is 11.3. The summed E-state index contributed by atoms with van der Waals surface area (Å²) in [6, 6.07) is 68.0. The summed E-state index contributed by atoms with van der Waals surface area (Å²) in [5.74, 6) is 0. The lowest BCUT2D eigenvalue weighted by Crippen LogP contribution is -2.28. The van der Waals surface area contributed by atoms with Crippen LogP contribution >= 0.6 is 0 Å². The van der Waals surface area contributed by atoms with Crippen LogP contribution in [0, 0.1) is 0 Å². The molecule has 0 unspecified atom stereocenters. The zero-order valence-corrected chi connectivity index (χ0v) is 29.4. The highest BCUT2D eigenvalue weighted by molar-refractivity contribution is 6.18. The van der Waals surface area contributed by atoms with Crippen LogP contribution in [0.1, 0.15) is 22.3 Å². The predicted octanol–water partition coefficient (Wildman–Crippen LogP) is 12.4.